The van der Waals surface area contributed by atoms with Crippen LogP contribution in [0.3, 0.4) is 0 Å². The minimum Gasteiger partial charge on any atom is -0.338 e. The maximum Gasteiger partial charge on any atom is 0.256 e. The Bertz CT molecular complexity index is 673. The molecule has 7 heteroatoms. The van der Waals surface area contributed by atoms with Gasteiger partial charge in [0.25, 0.3) is 5.91 Å². The van der Waals surface area contributed by atoms with E-state index < -0.39 is 21.7 Å². The van der Waals surface area contributed by atoms with Crippen LogP contribution in [-0.4, -0.2) is 32.3 Å². The second-order valence-corrected chi connectivity index (χ2v) is 6.99. The van der Waals surface area contributed by atoms with Gasteiger partial charge in [0.05, 0.1) is 10.5 Å². The summed E-state index contributed by atoms with van der Waals surface area (Å²) in [5.41, 5.74) is -0.0409. The number of sulfonamides is 1. The molecule has 2 rings (SSSR count). The maximum atomic E-state index is 14.0. The van der Waals surface area contributed by atoms with Gasteiger partial charge >= 0.3 is 0 Å². The van der Waals surface area contributed by atoms with E-state index in [0.29, 0.717) is 19.0 Å². The van der Waals surface area contributed by atoms with Crippen LogP contribution in [0.2, 0.25) is 0 Å². The van der Waals surface area contributed by atoms with E-state index in [1.165, 1.54) is 6.92 Å². The second kappa shape index (κ2) is 5.73. The average Bonchev–Trinajstić information content (AvgIpc) is 2.85. The number of nitrogens with two attached hydrogens (primary N) is 1. The Morgan fingerprint density at radius 1 is 1.48 bits per heavy atom. The fourth-order valence-electron chi connectivity index (χ4n) is 2.64. The molecule has 1 unspecified atom stereocenters. The fraction of sp³-hybridized carbons (Fsp3) is 0.500. The van der Waals surface area contributed by atoms with Gasteiger partial charge < -0.3 is 4.90 Å². The molecule has 1 aromatic rings. The Labute approximate surface area is 124 Å². The Balaban J connectivity index is 2.38. The van der Waals surface area contributed by atoms with Gasteiger partial charge in [-0.2, -0.15) is 0 Å². The summed E-state index contributed by atoms with van der Waals surface area (Å²) < 4.78 is 37.0. The second-order valence-electron chi connectivity index (χ2n) is 5.46. The molecule has 1 amide bonds. The molecule has 1 fully saturated rings. The van der Waals surface area contributed by atoms with Crippen molar-refractivity contribution in [2.45, 2.75) is 31.6 Å². The van der Waals surface area contributed by atoms with Gasteiger partial charge in [-0.3, -0.25) is 4.79 Å². The number of amides is 1. The van der Waals surface area contributed by atoms with Crippen LogP contribution in [-0.2, 0) is 10.0 Å². The lowest BCUT2D eigenvalue weighted by Gasteiger charge is -2.17. The molecule has 1 atom stereocenters. The lowest BCUT2D eigenvalue weighted by molar-refractivity contribution is 0.0782. The number of aryl methyl sites for hydroxylation is 1. The molecular weight excluding hydrogens is 295 g/mol. The highest BCUT2D eigenvalue weighted by Gasteiger charge is 2.28. The summed E-state index contributed by atoms with van der Waals surface area (Å²) in [7, 11) is -3.98. The lowest BCUT2D eigenvalue weighted by atomic mass is 10.1. The highest BCUT2D eigenvalue weighted by Crippen LogP contribution is 2.24. The molecule has 5 nitrogen and oxygen atoms in total. The first-order chi connectivity index (χ1) is 9.74. The van der Waals surface area contributed by atoms with E-state index in [9.17, 15) is 17.6 Å². The Morgan fingerprint density at radius 2 is 2.14 bits per heavy atom. The average molecular weight is 314 g/mol. The van der Waals surface area contributed by atoms with E-state index in [-0.39, 0.29) is 16.0 Å². The van der Waals surface area contributed by atoms with Crippen LogP contribution in [0, 0.1) is 18.7 Å². The van der Waals surface area contributed by atoms with Gasteiger partial charge in [0, 0.05) is 13.1 Å². The van der Waals surface area contributed by atoms with Crippen molar-refractivity contribution >= 4 is 15.9 Å². The van der Waals surface area contributed by atoms with Crippen molar-refractivity contribution in [1.29, 1.82) is 0 Å². The third kappa shape index (κ3) is 3.24. The monoisotopic (exact) mass is 314 g/mol. The number of likely N-dealkylation sites (tertiary alicyclic amines) is 1. The molecule has 21 heavy (non-hydrogen) atoms. The van der Waals surface area contributed by atoms with Crippen molar-refractivity contribution in [3.63, 3.8) is 0 Å². The summed E-state index contributed by atoms with van der Waals surface area (Å²) in [4.78, 5) is 13.7. The number of benzene rings is 1. The Kier molecular flexibility index (Phi) is 4.34. The number of rotatable bonds is 3. The predicted octanol–water partition coefficient (Wildman–Crippen LogP) is 1.65. The lowest BCUT2D eigenvalue weighted by Crippen LogP contribution is -2.30. The molecular formula is C14H19FN2O3S. The van der Waals surface area contributed by atoms with Crippen molar-refractivity contribution in [3.05, 3.63) is 29.1 Å². The number of primary sulfonamides is 1. The molecule has 1 aliphatic rings. The molecule has 0 bridgehead atoms. The minimum atomic E-state index is -3.98. The largest absolute Gasteiger partial charge is 0.338 e. The smallest absolute Gasteiger partial charge is 0.256 e. The van der Waals surface area contributed by atoms with Gasteiger partial charge in [-0.05, 0) is 37.0 Å². The number of carbonyl (C=O) groups excluding carboxylic acids is 1. The third-order valence-corrected chi connectivity index (χ3v) is 5.00. The van der Waals surface area contributed by atoms with Gasteiger partial charge in [-0.25, -0.2) is 17.9 Å². The van der Waals surface area contributed by atoms with E-state index in [4.69, 9.17) is 5.14 Å². The maximum absolute atomic E-state index is 14.0. The Morgan fingerprint density at radius 3 is 2.67 bits per heavy atom. The fourth-order valence-corrected chi connectivity index (χ4v) is 3.43. The zero-order valence-corrected chi connectivity index (χ0v) is 12.9. The number of halogens is 1. The quantitative estimate of drug-likeness (QED) is 0.921. The van der Waals surface area contributed by atoms with Crippen LogP contribution in [0.1, 0.15) is 35.7 Å². The first kappa shape index (κ1) is 15.9. The number of hydrogen-bond acceptors (Lipinski definition) is 3. The first-order valence-corrected chi connectivity index (χ1v) is 8.41. The summed E-state index contributed by atoms with van der Waals surface area (Å²) in [6.45, 7) is 4.63. The van der Waals surface area contributed by atoms with E-state index in [0.717, 1.165) is 25.0 Å². The summed E-state index contributed by atoms with van der Waals surface area (Å²) in [5, 5.41) is 5.10. The highest BCUT2D eigenvalue weighted by molar-refractivity contribution is 7.89. The van der Waals surface area contributed by atoms with Crippen molar-refractivity contribution in [2.24, 2.45) is 11.1 Å². The number of nitrogens with zero attached hydrogens (tertiary/aromatic N) is 1. The van der Waals surface area contributed by atoms with Gasteiger partial charge in [-0.1, -0.05) is 13.3 Å². The zero-order chi connectivity index (χ0) is 15.8. The highest BCUT2D eigenvalue weighted by atomic mass is 32.2. The zero-order valence-electron chi connectivity index (χ0n) is 12.1. The van der Waals surface area contributed by atoms with Crippen LogP contribution in [0.25, 0.3) is 0 Å². The van der Waals surface area contributed by atoms with E-state index in [2.05, 4.69) is 0 Å². The van der Waals surface area contributed by atoms with Gasteiger partial charge in [0.2, 0.25) is 10.0 Å². The number of carbonyl (C=O) groups is 1. The van der Waals surface area contributed by atoms with Crippen molar-refractivity contribution in [1.82, 2.24) is 4.90 Å². The first-order valence-electron chi connectivity index (χ1n) is 6.86. The van der Waals surface area contributed by atoms with Crippen LogP contribution in [0.5, 0.6) is 0 Å². The van der Waals surface area contributed by atoms with E-state index >= 15 is 0 Å². The van der Waals surface area contributed by atoms with Gasteiger partial charge in [-0.15, -0.1) is 0 Å². The molecule has 2 N–H and O–H groups in total. The minimum absolute atomic E-state index is 0.194. The van der Waals surface area contributed by atoms with Crippen LogP contribution in [0.4, 0.5) is 4.39 Å². The molecule has 1 aliphatic heterocycles. The standard InChI is InChI=1S/C14H19FN2O3S/c1-3-10-4-5-17(8-10)14(18)11-7-13(21(16,19)20)9(2)6-12(11)15/h6-7,10H,3-5,8H2,1-2H3,(H2,16,19,20). The molecule has 0 radical (unpaired) electrons. The summed E-state index contributed by atoms with van der Waals surface area (Å²) >= 11 is 0. The van der Waals surface area contributed by atoms with Crippen LogP contribution >= 0.6 is 0 Å². The SMILES string of the molecule is CCC1CCN(C(=O)c2cc(S(N)(=O)=O)c(C)cc2F)C1. The Hall–Kier alpha value is -1.47. The van der Waals surface area contributed by atoms with Crippen molar-refractivity contribution in [2.75, 3.05) is 13.1 Å². The molecule has 0 spiro atoms. The summed E-state index contributed by atoms with van der Waals surface area (Å²) in [6, 6.07) is 2.09. The van der Waals surface area contributed by atoms with Crippen LogP contribution < -0.4 is 5.14 Å². The van der Waals surface area contributed by atoms with Crippen LogP contribution in [0.15, 0.2) is 17.0 Å². The predicted molar refractivity (Wildman–Crippen MR) is 76.8 cm³/mol. The molecule has 0 aliphatic carbocycles. The van der Waals surface area contributed by atoms with E-state index in [1.807, 2.05) is 6.92 Å². The van der Waals surface area contributed by atoms with E-state index in [1.54, 1.807) is 4.90 Å². The molecule has 1 saturated heterocycles. The summed E-state index contributed by atoms with van der Waals surface area (Å²) in [5.74, 6) is -0.779. The molecule has 116 valence electrons. The van der Waals surface area contributed by atoms with Crippen molar-refractivity contribution < 1.29 is 17.6 Å². The van der Waals surface area contributed by atoms with Gasteiger partial charge in [0.1, 0.15) is 5.82 Å². The normalized spacial score (nSPS) is 19.0. The number of hydrogen-bond donors (Lipinski definition) is 1. The summed E-state index contributed by atoms with van der Waals surface area (Å²) in [6.07, 6.45) is 1.85. The molecule has 1 heterocycles. The molecule has 0 aromatic heterocycles. The molecule has 1 aromatic carbocycles. The molecule has 0 saturated carbocycles. The topological polar surface area (TPSA) is 80.5 Å². The van der Waals surface area contributed by atoms with Crippen molar-refractivity contribution in [3.8, 4) is 0 Å². The van der Waals surface area contributed by atoms with Gasteiger partial charge in [0.15, 0.2) is 0 Å². The third-order valence-electron chi connectivity index (χ3n) is 3.95.